The number of hydrogen-bond donors (Lipinski definition) is 4. The van der Waals surface area contributed by atoms with Crippen LogP contribution in [-0.2, 0) is 0 Å². The monoisotopic (exact) mass is 343 g/mol. The predicted molar refractivity (Wildman–Crippen MR) is 94.0 cm³/mol. The van der Waals surface area contributed by atoms with Crippen LogP contribution in [0.2, 0.25) is 5.02 Å². The van der Waals surface area contributed by atoms with E-state index in [2.05, 4.69) is 16.0 Å². The van der Waals surface area contributed by atoms with Crippen molar-refractivity contribution in [1.29, 1.82) is 0 Å². The van der Waals surface area contributed by atoms with E-state index in [9.17, 15) is 9.90 Å². The molecule has 1 aliphatic rings. The largest absolute Gasteiger partial charge is 0.478 e. The number of anilines is 3. The molecule has 6 nitrogen and oxygen atoms in total. The van der Waals surface area contributed by atoms with Gasteiger partial charge in [-0.3, -0.25) is 0 Å². The molecule has 1 unspecified atom stereocenters. The second-order valence-electron chi connectivity index (χ2n) is 5.60. The third kappa shape index (κ3) is 2.32. The van der Waals surface area contributed by atoms with Crippen LogP contribution in [0.15, 0.2) is 40.8 Å². The molecule has 3 aromatic rings. The van der Waals surface area contributed by atoms with Gasteiger partial charge in [-0.25, -0.2) is 4.79 Å². The summed E-state index contributed by atoms with van der Waals surface area (Å²) in [6, 6.07) is 10.8. The van der Waals surface area contributed by atoms with Gasteiger partial charge in [0.1, 0.15) is 11.3 Å². The number of halogens is 1. The second-order valence-corrected chi connectivity index (χ2v) is 6.00. The number of hydrogen-bond acceptors (Lipinski definition) is 5. The Morgan fingerprint density at radius 1 is 1.29 bits per heavy atom. The van der Waals surface area contributed by atoms with Crippen molar-refractivity contribution in [2.45, 2.75) is 13.2 Å². The smallest absolute Gasteiger partial charge is 0.339 e. The average Bonchev–Trinajstić information content (AvgIpc) is 3.10. The second kappa shape index (κ2) is 5.35. The lowest BCUT2D eigenvalue weighted by atomic mass is 10.1. The first-order chi connectivity index (χ1) is 11.5. The molecule has 1 aliphatic heterocycles. The third-order valence-corrected chi connectivity index (χ3v) is 4.25. The number of aryl methyl sites for hydroxylation is 1. The maximum atomic E-state index is 11.5. The number of nitrogens with one attached hydrogen (secondary N) is 3. The van der Waals surface area contributed by atoms with Crippen molar-refractivity contribution < 1.29 is 14.3 Å². The lowest BCUT2D eigenvalue weighted by Gasteiger charge is -2.16. The molecule has 0 radical (unpaired) electrons. The van der Waals surface area contributed by atoms with Gasteiger partial charge >= 0.3 is 5.97 Å². The van der Waals surface area contributed by atoms with E-state index >= 15 is 0 Å². The van der Waals surface area contributed by atoms with E-state index < -0.39 is 5.97 Å². The number of rotatable bonds is 3. The first-order valence-electron chi connectivity index (χ1n) is 7.37. The Bertz CT molecular complexity index is 967. The van der Waals surface area contributed by atoms with Gasteiger partial charge < -0.3 is 25.5 Å². The molecule has 0 aliphatic carbocycles. The minimum Gasteiger partial charge on any atom is -0.478 e. The van der Waals surface area contributed by atoms with Gasteiger partial charge in [0.25, 0.3) is 0 Å². The molecule has 24 heavy (non-hydrogen) atoms. The quantitative estimate of drug-likeness (QED) is 0.566. The molecule has 2 heterocycles. The average molecular weight is 344 g/mol. The Labute approximate surface area is 142 Å². The van der Waals surface area contributed by atoms with Crippen molar-refractivity contribution in [1.82, 2.24) is 0 Å². The Hall–Kier alpha value is -2.86. The van der Waals surface area contributed by atoms with Crippen molar-refractivity contribution in [2.24, 2.45) is 0 Å². The number of aromatic carboxylic acids is 1. The molecule has 1 atom stereocenters. The highest BCUT2D eigenvalue weighted by Gasteiger charge is 2.27. The predicted octanol–water partition coefficient (Wildman–Crippen LogP) is 4.33. The first kappa shape index (κ1) is 14.7. The van der Waals surface area contributed by atoms with Crippen LogP contribution < -0.4 is 16.0 Å². The van der Waals surface area contributed by atoms with Crippen LogP contribution in [0.3, 0.4) is 0 Å². The number of benzene rings is 2. The highest BCUT2D eigenvalue weighted by atomic mass is 35.5. The van der Waals surface area contributed by atoms with Crippen molar-refractivity contribution >= 4 is 45.6 Å². The molecule has 2 aromatic carbocycles. The van der Waals surface area contributed by atoms with Crippen LogP contribution >= 0.6 is 11.6 Å². The summed E-state index contributed by atoms with van der Waals surface area (Å²) in [5.74, 6) is -0.369. The van der Waals surface area contributed by atoms with Gasteiger partial charge in [0, 0.05) is 5.39 Å². The molecule has 0 saturated carbocycles. The Kier molecular flexibility index (Phi) is 3.28. The van der Waals surface area contributed by atoms with E-state index in [4.69, 9.17) is 16.0 Å². The normalized spacial score (nSPS) is 15.7. The lowest BCUT2D eigenvalue weighted by Crippen LogP contribution is -2.31. The van der Waals surface area contributed by atoms with Crippen molar-refractivity contribution in [3.8, 4) is 0 Å². The topological polar surface area (TPSA) is 86.5 Å². The zero-order chi connectivity index (χ0) is 16.8. The molecule has 0 amide bonds. The Morgan fingerprint density at radius 2 is 2.08 bits per heavy atom. The summed E-state index contributed by atoms with van der Waals surface area (Å²) in [4.78, 5) is 11.5. The minimum atomic E-state index is -1.03. The fourth-order valence-corrected chi connectivity index (χ4v) is 3.09. The molecule has 1 aromatic heterocycles. The standard InChI is InChI=1S/C17H14ClN3O3/c1-8-6-9-14-13(7-10(16(22)23)15(9)24-8)20-17(21-14)19-12-5-3-2-4-11(12)18/h2-7,17,19-21H,1H3,(H,22,23). The van der Waals surface area contributed by atoms with E-state index in [1.165, 1.54) is 0 Å². The van der Waals surface area contributed by atoms with Gasteiger partial charge in [-0.2, -0.15) is 0 Å². The molecule has 4 rings (SSSR count). The van der Waals surface area contributed by atoms with E-state index in [1.54, 1.807) is 19.1 Å². The van der Waals surface area contributed by atoms with E-state index in [0.717, 1.165) is 16.8 Å². The van der Waals surface area contributed by atoms with Crippen LogP contribution in [0.1, 0.15) is 16.1 Å². The number of para-hydroxylation sites is 1. The van der Waals surface area contributed by atoms with E-state index in [1.807, 2.05) is 24.3 Å². The molecule has 0 fully saturated rings. The first-order valence-corrected chi connectivity index (χ1v) is 7.75. The number of fused-ring (bicyclic) bond motifs is 3. The van der Waals surface area contributed by atoms with Crippen LogP contribution in [-0.4, -0.2) is 17.4 Å². The zero-order valence-electron chi connectivity index (χ0n) is 12.7. The highest BCUT2D eigenvalue weighted by Crippen LogP contribution is 2.40. The zero-order valence-corrected chi connectivity index (χ0v) is 13.4. The van der Waals surface area contributed by atoms with Gasteiger partial charge in [0.2, 0.25) is 0 Å². The number of furan rings is 1. The van der Waals surface area contributed by atoms with E-state index in [0.29, 0.717) is 22.1 Å². The maximum Gasteiger partial charge on any atom is 0.339 e. The van der Waals surface area contributed by atoms with Crippen LogP contribution in [0.25, 0.3) is 11.0 Å². The van der Waals surface area contributed by atoms with Gasteiger partial charge in [-0.05, 0) is 31.2 Å². The van der Waals surface area contributed by atoms with Gasteiger partial charge in [-0.15, -0.1) is 0 Å². The number of carbonyl (C=O) groups is 1. The summed E-state index contributed by atoms with van der Waals surface area (Å²) in [7, 11) is 0. The van der Waals surface area contributed by atoms with E-state index in [-0.39, 0.29) is 11.9 Å². The summed E-state index contributed by atoms with van der Waals surface area (Å²) in [6.45, 7) is 1.79. The molecule has 0 bridgehead atoms. The molecule has 7 heteroatoms. The summed E-state index contributed by atoms with van der Waals surface area (Å²) in [5, 5.41) is 20.5. The van der Waals surface area contributed by atoms with Crippen LogP contribution in [0.5, 0.6) is 0 Å². The summed E-state index contributed by atoms with van der Waals surface area (Å²) in [5.41, 5.74) is 2.77. The van der Waals surface area contributed by atoms with Crippen molar-refractivity contribution in [2.75, 3.05) is 16.0 Å². The molecular weight excluding hydrogens is 330 g/mol. The van der Waals surface area contributed by atoms with Gasteiger partial charge in [0.15, 0.2) is 11.9 Å². The SMILES string of the molecule is Cc1cc2c3c(cc(C(=O)O)c2o1)NC(Nc1ccccc1Cl)N3. The van der Waals surface area contributed by atoms with Crippen molar-refractivity contribution in [3.63, 3.8) is 0 Å². The summed E-state index contributed by atoms with van der Waals surface area (Å²) >= 11 is 6.17. The summed E-state index contributed by atoms with van der Waals surface area (Å²) in [6.07, 6.45) is -0.317. The minimum absolute atomic E-state index is 0.129. The number of carboxylic acids is 1. The fourth-order valence-electron chi connectivity index (χ4n) is 2.90. The lowest BCUT2D eigenvalue weighted by molar-refractivity contribution is 0.0698. The van der Waals surface area contributed by atoms with Crippen molar-refractivity contribution in [3.05, 3.63) is 52.7 Å². The molecule has 4 N–H and O–H groups in total. The van der Waals surface area contributed by atoms with Crippen LogP contribution in [0, 0.1) is 6.92 Å². The highest BCUT2D eigenvalue weighted by molar-refractivity contribution is 6.33. The molecule has 0 spiro atoms. The number of carboxylic acid groups (broad SMARTS) is 1. The molecule has 122 valence electrons. The molecule has 0 saturated heterocycles. The van der Waals surface area contributed by atoms with Gasteiger partial charge in [0.05, 0.1) is 22.1 Å². The fraction of sp³-hybridized carbons (Fsp3) is 0.118. The third-order valence-electron chi connectivity index (χ3n) is 3.92. The maximum absolute atomic E-state index is 11.5. The molecular formula is C17H14ClN3O3. The van der Waals surface area contributed by atoms with Gasteiger partial charge in [-0.1, -0.05) is 23.7 Å². The Balaban J connectivity index is 1.73. The van der Waals surface area contributed by atoms with Crippen LogP contribution in [0.4, 0.5) is 17.1 Å². The Morgan fingerprint density at radius 3 is 2.83 bits per heavy atom. The summed E-state index contributed by atoms with van der Waals surface area (Å²) < 4.78 is 5.57.